The lowest BCUT2D eigenvalue weighted by Crippen LogP contribution is -2.06. The van der Waals surface area contributed by atoms with Crippen molar-refractivity contribution < 1.29 is 9.13 Å². The van der Waals surface area contributed by atoms with Gasteiger partial charge in [0.1, 0.15) is 35.6 Å². The summed E-state index contributed by atoms with van der Waals surface area (Å²) in [5, 5.41) is 9.35. The average Bonchev–Trinajstić information content (AvgIpc) is 2.60. The Labute approximate surface area is 143 Å². The number of benzene rings is 2. The van der Waals surface area contributed by atoms with Gasteiger partial charge < -0.3 is 16.2 Å². The number of hydrogen-bond acceptors (Lipinski definition) is 6. The van der Waals surface area contributed by atoms with Crippen molar-refractivity contribution in [1.29, 1.82) is 5.26 Å². The smallest absolute Gasteiger partial charge is 0.222 e. The lowest BCUT2D eigenvalue weighted by Gasteiger charge is -2.13. The Bertz CT molecular complexity index is 968. The van der Waals surface area contributed by atoms with Crippen LogP contribution >= 0.6 is 0 Å². The minimum atomic E-state index is -0.336. The van der Waals surface area contributed by atoms with Crippen LogP contribution in [0.3, 0.4) is 0 Å². The number of aromatic nitrogens is 2. The van der Waals surface area contributed by atoms with Crippen molar-refractivity contribution in [2.24, 2.45) is 0 Å². The van der Waals surface area contributed by atoms with Crippen LogP contribution in [0.5, 0.6) is 5.75 Å². The zero-order chi connectivity index (χ0) is 17.8. The molecule has 1 heterocycles. The Kier molecular flexibility index (Phi) is 4.44. The maximum absolute atomic E-state index is 13.3. The van der Waals surface area contributed by atoms with Gasteiger partial charge in [-0.1, -0.05) is 24.3 Å². The van der Waals surface area contributed by atoms with E-state index < -0.39 is 0 Å². The topological polar surface area (TPSA) is 111 Å². The van der Waals surface area contributed by atoms with Crippen LogP contribution in [-0.2, 0) is 6.61 Å². The van der Waals surface area contributed by atoms with Crippen LogP contribution in [0.25, 0.3) is 11.3 Å². The minimum Gasteiger partial charge on any atom is -0.488 e. The summed E-state index contributed by atoms with van der Waals surface area (Å²) in [6.45, 7) is 0.159. The lowest BCUT2D eigenvalue weighted by molar-refractivity contribution is 0.307. The fourth-order valence-corrected chi connectivity index (χ4v) is 2.38. The normalized spacial score (nSPS) is 10.2. The number of halogens is 1. The van der Waals surface area contributed by atoms with Gasteiger partial charge in [0.05, 0.1) is 5.69 Å². The number of anilines is 2. The molecule has 0 saturated heterocycles. The van der Waals surface area contributed by atoms with Gasteiger partial charge in [0, 0.05) is 5.56 Å². The van der Waals surface area contributed by atoms with E-state index in [1.807, 2.05) is 6.07 Å². The number of rotatable bonds is 4. The number of nitrogens with zero attached hydrogens (tertiary/aromatic N) is 3. The first-order valence-corrected chi connectivity index (χ1v) is 7.38. The molecule has 0 atom stereocenters. The Morgan fingerprint density at radius 3 is 2.64 bits per heavy atom. The van der Waals surface area contributed by atoms with Gasteiger partial charge in [0.25, 0.3) is 0 Å². The Hall–Kier alpha value is -3.66. The third-order valence-corrected chi connectivity index (χ3v) is 3.49. The van der Waals surface area contributed by atoms with Gasteiger partial charge in [-0.25, -0.2) is 9.37 Å². The van der Waals surface area contributed by atoms with Crippen LogP contribution < -0.4 is 16.2 Å². The molecular formula is C18H14FN5O. The van der Waals surface area contributed by atoms with Crippen LogP contribution in [0.2, 0.25) is 0 Å². The molecule has 0 bridgehead atoms. The van der Waals surface area contributed by atoms with Crippen molar-refractivity contribution in [3.05, 3.63) is 65.5 Å². The summed E-state index contributed by atoms with van der Waals surface area (Å²) in [4.78, 5) is 7.93. The van der Waals surface area contributed by atoms with Gasteiger partial charge in [-0.05, 0) is 29.8 Å². The third kappa shape index (κ3) is 3.48. The zero-order valence-corrected chi connectivity index (χ0v) is 13.1. The lowest BCUT2D eigenvalue weighted by atomic mass is 10.1. The molecule has 0 unspecified atom stereocenters. The maximum Gasteiger partial charge on any atom is 0.222 e. The van der Waals surface area contributed by atoms with Gasteiger partial charge in [-0.15, -0.1) is 0 Å². The number of nitriles is 1. The zero-order valence-electron chi connectivity index (χ0n) is 13.1. The maximum atomic E-state index is 13.3. The molecule has 0 amide bonds. The molecule has 0 aliphatic carbocycles. The summed E-state index contributed by atoms with van der Waals surface area (Å²) in [5.41, 5.74) is 13.1. The van der Waals surface area contributed by atoms with Gasteiger partial charge in [-0.3, -0.25) is 0 Å². The molecule has 2 aromatic carbocycles. The van der Waals surface area contributed by atoms with E-state index in [1.165, 1.54) is 12.1 Å². The predicted molar refractivity (Wildman–Crippen MR) is 91.7 cm³/mol. The van der Waals surface area contributed by atoms with E-state index in [0.717, 1.165) is 0 Å². The molecule has 0 radical (unpaired) electrons. The summed E-state index contributed by atoms with van der Waals surface area (Å²) in [7, 11) is 0. The first-order chi connectivity index (χ1) is 12.1. The Morgan fingerprint density at radius 2 is 1.88 bits per heavy atom. The van der Waals surface area contributed by atoms with E-state index in [4.69, 9.17) is 16.2 Å². The van der Waals surface area contributed by atoms with Crippen molar-refractivity contribution >= 4 is 11.8 Å². The highest BCUT2D eigenvalue weighted by molar-refractivity contribution is 5.77. The average molecular weight is 335 g/mol. The molecule has 0 spiro atoms. The largest absolute Gasteiger partial charge is 0.488 e. The van der Waals surface area contributed by atoms with Crippen LogP contribution in [0.4, 0.5) is 16.2 Å². The minimum absolute atomic E-state index is 0.00457. The summed E-state index contributed by atoms with van der Waals surface area (Å²) in [6.07, 6.45) is 0. The van der Waals surface area contributed by atoms with Crippen LogP contribution in [0.1, 0.15) is 11.1 Å². The van der Waals surface area contributed by atoms with Crippen LogP contribution in [0.15, 0.2) is 48.5 Å². The molecule has 0 aliphatic heterocycles. The fourth-order valence-electron chi connectivity index (χ4n) is 2.38. The monoisotopic (exact) mass is 335 g/mol. The van der Waals surface area contributed by atoms with Gasteiger partial charge in [0.15, 0.2) is 0 Å². The Balaban J connectivity index is 1.99. The first kappa shape index (κ1) is 16.2. The molecule has 0 aliphatic rings. The van der Waals surface area contributed by atoms with Crippen molar-refractivity contribution in [2.45, 2.75) is 6.61 Å². The molecule has 3 rings (SSSR count). The number of ether oxygens (including phenoxy) is 1. The second-order valence-electron chi connectivity index (χ2n) is 5.22. The number of nitrogen functional groups attached to an aromatic ring is 2. The van der Waals surface area contributed by atoms with E-state index in [1.54, 1.807) is 36.4 Å². The fraction of sp³-hybridized carbons (Fsp3) is 0.0556. The van der Waals surface area contributed by atoms with E-state index >= 15 is 0 Å². The number of hydrogen-bond donors (Lipinski definition) is 2. The number of para-hydroxylation sites is 1. The van der Waals surface area contributed by atoms with E-state index in [-0.39, 0.29) is 29.8 Å². The van der Waals surface area contributed by atoms with Gasteiger partial charge >= 0.3 is 0 Å². The second-order valence-corrected chi connectivity index (χ2v) is 5.22. The van der Waals surface area contributed by atoms with E-state index in [2.05, 4.69) is 9.97 Å². The van der Waals surface area contributed by atoms with E-state index in [0.29, 0.717) is 22.6 Å². The predicted octanol–water partition coefficient (Wildman–Crippen LogP) is 2.90. The second kappa shape index (κ2) is 6.84. The van der Waals surface area contributed by atoms with Crippen LogP contribution in [0, 0.1) is 17.1 Å². The number of nitrogens with two attached hydrogens (primary N) is 2. The van der Waals surface area contributed by atoms with Crippen molar-refractivity contribution in [1.82, 2.24) is 9.97 Å². The molecule has 0 saturated carbocycles. The molecule has 25 heavy (non-hydrogen) atoms. The summed E-state index contributed by atoms with van der Waals surface area (Å²) in [5.74, 6) is 0.106. The van der Waals surface area contributed by atoms with Crippen molar-refractivity contribution in [3.63, 3.8) is 0 Å². The molecule has 1 aromatic heterocycles. The molecule has 4 N–H and O–H groups in total. The van der Waals surface area contributed by atoms with Crippen LogP contribution in [-0.4, -0.2) is 9.97 Å². The highest BCUT2D eigenvalue weighted by Gasteiger charge is 2.16. The first-order valence-electron chi connectivity index (χ1n) is 7.38. The molecule has 6 nitrogen and oxygen atoms in total. The van der Waals surface area contributed by atoms with Gasteiger partial charge in [0.2, 0.25) is 5.95 Å². The van der Waals surface area contributed by atoms with Gasteiger partial charge in [-0.2, -0.15) is 10.2 Å². The summed E-state index contributed by atoms with van der Waals surface area (Å²) >= 11 is 0. The Morgan fingerprint density at radius 1 is 1.08 bits per heavy atom. The summed E-state index contributed by atoms with van der Waals surface area (Å²) < 4.78 is 19.1. The van der Waals surface area contributed by atoms with Crippen molar-refractivity contribution in [2.75, 3.05) is 11.5 Å². The molecular weight excluding hydrogens is 321 g/mol. The third-order valence-electron chi connectivity index (χ3n) is 3.49. The SMILES string of the molecule is N#Cc1c(N)nc(N)nc1-c1ccccc1OCc1cccc(F)c1. The summed E-state index contributed by atoms with van der Waals surface area (Å²) in [6, 6.07) is 15.1. The highest BCUT2D eigenvalue weighted by Crippen LogP contribution is 2.33. The van der Waals surface area contributed by atoms with E-state index in [9.17, 15) is 9.65 Å². The van der Waals surface area contributed by atoms with Crippen molar-refractivity contribution in [3.8, 4) is 23.1 Å². The molecule has 0 fully saturated rings. The standard InChI is InChI=1S/C18H14FN5O/c19-12-5-3-4-11(8-12)10-25-15-7-2-1-6-13(15)16-14(9-20)17(21)24-18(22)23-16/h1-8H,10H2,(H4,21,22,23,24). The quantitative estimate of drug-likeness (QED) is 0.758. The molecule has 3 aromatic rings. The molecule has 124 valence electrons. The molecule has 7 heteroatoms. The highest BCUT2D eigenvalue weighted by atomic mass is 19.1.